The molecule has 0 unspecified atom stereocenters. The fourth-order valence-corrected chi connectivity index (χ4v) is 3.69. The van der Waals surface area contributed by atoms with Crippen molar-refractivity contribution in [2.24, 2.45) is 0 Å². The predicted molar refractivity (Wildman–Crippen MR) is 78.1 cm³/mol. The quantitative estimate of drug-likeness (QED) is 0.645. The van der Waals surface area contributed by atoms with E-state index < -0.39 is 15.8 Å². The minimum atomic E-state index is -3.01. The van der Waals surface area contributed by atoms with Gasteiger partial charge >= 0.3 is 5.97 Å². The zero-order chi connectivity index (χ0) is 14.9. The van der Waals surface area contributed by atoms with Crippen LogP contribution in [0.4, 0.5) is 11.4 Å². The van der Waals surface area contributed by atoms with E-state index >= 15 is 0 Å². The van der Waals surface area contributed by atoms with Crippen LogP contribution in [0, 0.1) is 0 Å². The Kier molecular flexibility index (Phi) is 4.10. The van der Waals surface area contributed by atoms with Crippen molar-refractivity contribution in [3.05, 3.63) is 22.7 Å². The Labute approximate surface area is 122 Å². The molecule has 2 rings (SSSR count). The van der Waals surface area contributed by atoms with Gasteiger partial charge in [-0.1, -0.05) is 11.6 Å². The first-order chi connectivity index (χ1) is 9.34. The molecule has 0 aliphatic carbocycles. The highest BCUT2D eigenvalue weighted by Gasteiger charge is 2.27. The van der Waals surface area contributed by atoms with Gasteiger partial charge in [-0.15, -0.1) is 0 Å². The van der Waals surface area contributed by atoms with E-state index in [4.69, 9.17) is 22.1 Å². The molecule has 1 aromatic carbocycles. The number of halogens is 1. The van der Waals surface area contributed by atoms with Gasteiger partial charge in [0.05, 0.1) is 34.9 Å². The zero-order valence-corrected chi connectivity index (χ0v) is 12.5. The number of rotatable bonds is 2. The lowest BCUT2D eigenvalue weighted by Gasteiger charge is -2.30. The standard InChI is InChI=1S/C12H15ClN2O4S/c1-19-12(16)9-6-8(14)7-10(13)11(9)15-2-4-20(17,18)5-3-15/h6-7H,2-5,14H2,1H3. The van der Waals surface area contributed by atoms with E-state index in [0.29, 0.717) is 16.4 Å². The van der Waals surface area contributed by atoms with Crippen LogP contribution in [0.2, 0.25) is 5.02 Å². The van der Waals surface area contributed by atoms with Crippen molar-refractivity contribution < 1.29 is 17.9 Å². The van der Waals surface area contributed by atoms with Crippen LogP contribution in [0.5, 0.6) is 0 Å². The summed E-state index contributed by atoms with van der Waals surface area (Å²) >= 11 is 6.16. The van der Waals surface area contributed by atoms with E-state index in [2.05, 4.69) is 0 Å². The third kappa shape index (κ3) is 2.99. The number of esters is 1. The van der Waals surface area contributed by atoms with Crippen LogP contribution < -0.4 is 10.6 Å². The van der Waals surface area contributed by atoms with Crippen LogP contribution in [0.15, 0.2) is 12.1 Å². The molecule has 1 aromatic rings. The average molecular weight is 319 g/mol. The second-order valence-electron chi connectivity index (χ2n) is 4.53. The topological polar surface area (TPSA) is 89.7 Å². The lowest BCUT2D eigenvalue weighted by Crippen LogP contribution is -2.41. The molecule has 0 aromatic heterocycles. The SMILES string of the molecule is COC(=O)c1cc(N)cc(Cl)c1N1CCS(=O)(=O)CC1. The number of hydrogen-bond donors (Lipinski definition) is 1. The van der Waals surface area contributed by atoms with E-state index in [1.165, 1.54) is 19.2 Å². The molecule has 1 aliphatic rings. The zero-order valence-electron chi connectivity index (χ0n) is 10.9. The minimum absolute atomic E-state index is 0.0360. The molecule has 0 spiro atoms. The summed E-state index contributed by atoms with van der Waals surface area (Å²) in [6.45, 7) is 0.575. The van der Waals surface area contributed by atoms with Crippen molar-refractivity contribution >= 4 is 38.8 Å². The maximum absolute atomic E-state index is 11.8. The van der Waals surface area contributed by atoms with Crippen LogP contribution in [-0.4, -0.2) is 46.1 Å². The van der Waals surface area contributed by atoms with Crippen molar-refractivity contribution in [2.75, 3.05) is 42.3 Å². The van der Waals surface area contributed by atoms with E-state index in [9.17, 15) is 13.2 Å². The summed E-state index contributed by atoms with van der Waals surface area (Å²) in [6.07, 6.45) is 0. The van der Waals surface area contributed by atoms with Crippen molar-refractivity contribution in [1.29, 1.82) is 0 Å². The molecule has 1 heterocycles. The number of methoxy groups -OCH3 is 1. The molecule has 0 amide bonds. The number of carbonyl (C=O) groups excluding carboxylic acids is 1. The number of carbonyl (C=O) groups is 1. The van der Waals surface area contributed by atoms with Gasteiger partial charge in [0.2, 0.25) is 0 Å². The molecule has 0 bridgehead atoms. The number of anilines is 2. The fourth-order valence-electron chi connectivity index (χ4n) is 2.14. The van der Waals surface area contributed by atoms with Crippen molar-refractivity contribution in [1.82, 2.24) is 0 Å². The van der Waals surface area contributed by atoms with Gasteiger partial charge in [-0.25, -0.2) is 13.2 Å². The van der Waals surface area contributed by atoms with Crippen LogP contribution in [-0.2, 0) is 14.6 Å². The number of nitrogens with zero attached hydrogens (tertiary/aromatic N) is 1. The molecule has 0 atom stereocenters. The first-order valence-electron chi connectivity index (χ1n) is 5.97. The molecule has 6 nitrogen and oxygen atoms in total. The van der Waals surface area contributed by atoms with E-state index in [-0.39, 0.29) is 30.2 Å². The smallest absolute Gasteiger partial charge is 0.340 e. The first kappa shape index (κ1) is 14.9. The van der Waals surface area contributed by atoms with Crippen LogP contribution in [0.25, 0.3) is 0 Å². The van der Waals surface area contributed by atoms with Gasteiger partial charge in [0.25, 0.3) is 0 Å². The maximum Gasteiger partial charge on any atom is 0.340 e. The monoisotopic (exact) mass is 318 g/mol. The van der Waals surface area contributed by atoms with Gasteiger partial charge in [-0.3, -0.25) is 0 Å². The Morgan fingerprint density at radius 2 is 1.95 bits per heavy atom. The Bertz CT molecular complexity index is 631. The van der Waals surface area contributed by atoms with Crippen LogP contribution >= 0.6 is 11.6 Å². The molecule has 1 saturated heterocycles. The Morgan fingerprint density at radius 1 is 1.35 bits per heavy atom. The number of benzene rings is 1. The predicted octanol–water partition coefficient (Wildman–Crippen LogP) is 0.944. The minimum Gasteiger partial charge on any atom is -0.465 e. The molecule has 0 saturated carbocycles. The fraction of sp³-hybridized carbons (Fsp3) is 0.417. The summed E-state index contributed by atoms with van der Waals surface area (Å²) in [5.41, 5.74) is 6.76. The maximum atomic E-state index is 11.8. The molecule has 1 fully saturated rings. The lowest BCUT2D eigenvalue weighted by atomic mass is 10.1. The number of nitrogens with two attached hydrogens (primary N) is 1. The van der Waals surface area contributed by atoms with Gasteiger partial charge in [-0.05, 0) is 12.1 Å². The van der Waals surface area contributed by atoms with Gasteiger partial charge in [-0.2, -0.15) is 0 Å². The first-order valence-corrected chi connectivity index (χ1v) is 8.16. The summed E-state index contributed by atoms with van der Waals surface area (Å²) in [4.78, 5) is 13.6. The molecule has 110 valence electrons. The Balaban J connectivity index is 2.43. The molecule has 2 N–H and O–H groups in total. The number of hydrogen-bond acceptors (Lipinski definition) is 6. The third-order valence-corrected chi connectivity index (χ3v) is 5.05. The second kappa shape index (κ2) is 5.49. The average Bonchev–Trinajstić information content (AvgIpc) is 2.38. The molecule has 1 aliphatic heterocycles. The van der Waals surface area contributed by atoms with Gasteiger partial charge < -0.3 is 15.4 Å². The highest BCUT2D eigenvalue weighted by atomic mass is 35.5. The number of nitrogen functional groups attached to an aromatic ring is 1. The molecule has 20 heavy (non-hydrogen) atoms. The van der Waals surface area contributed by atoms with Crippen LogP contribution in [0.3, 0.4) is 0 Å². The molecular weight excluding hydrogens is 304 g/mol. The number of ether oxygens (including phenoxy) is 1. The van der Waals surface area contributed by atoms with Gasteiger partial charge in [0, 0.05) is 18.8 Å². The van der Waals surface area contributed by atoms with E-state index in [1.54, 1.807) is 4.90 Å². The number of sulfone groups is 1. The van der Waals surface area contributed by atoms with Crippen molar-refractivity contribution in [3.8, 4) is 0 Å². The normalized spacial score (nSPS) is 17.8. The molecule has 8 heteroatoms. The third-order valence-electron chi connectivity index (χ3n) is 3.15. The summed E-state index contributed by atoms with van der Waals surface area (Å²) in [5, 5.41) is 0.310. The molecule has 0 radical (unpaired) electrons. The second-order valence-corrected chi connectivity index (χ2v) is 7.24. The van der Waals surface area contributed by atoms with E-state index in [0.717, 1.165) is 0 Å². The van der Waals surface area contributed by atoms with E-state index in [1.807, 2.05) is 0 Å². The summed E-state index contributed by atoms with van der Waals surface area (Å²) in [6, 6.07) is 3.02. The highest BCUT2D eigenvalue weighted by Crippen LogP contribution is 2.33. The largest absolute Gasteiger partial charge is 0.465 e. The summed E-state index contributed by atoms with van der Waals surface area (Å²) in [7, 11) is -1.74. The summed E-state index contributed by atoms with van der Waals surface area (Å²) in [5.74, 6) is -0.481. The van der Waals surface area contributed by atoms with Crippen molar-refractivity contribution in [2.45, 2.75) is 0 Å². The Morgan fingerprint density at radius 3 is 2.50 bits per heavy atom. The Hall–Kier alpha value is -1.47. The summed E-state index contributed by atoms with van der Waals surface area (Å²) < 4.78 is 27.7. The molecular formula is C12H15ClN2O4S. The highest BCUT2D eigenvalue weighted by molar-refractivity contribution is 7.91. The van der Waals surface area contributed by atoms with Gasteiger partial charge in [0.15, 0.2) is 9.84 Å². The van der Waals surface area contributed by atoms with Crippen LogP contribution in [0.1, 0.15) is 10.4 Å². The van der Waals surface area contributed by atoms with Gasteiger partial charge in [0.1, 0.15) is 0 Å². The lowest BCUT2D eigenvalue weighted by molar-refractivity contribution is 0.0601. The van der Waals surface area contributed by atoms with Crippen molar-refractivity contribution in [3.63, 3.8) is 0 Å².